The standard InChI is InChI=1S/C16H26N6O2.HI/c1-17-16(19-6-5-18-15(23)13-2-3-13)22-9-7-21(8-10-22)12-14-4-11-24-20-14;/h4,11,13H,2-3,5-10,12H2,1H3,(H,17,19)(H,18,23);1H. The maximum atomic E-state index is 11.6. The molecule has 2 aliphatic rings. The van der Waals surface area contributed by atoms with Gasteiger partial charge >= 0.3 is 0 Å². The van der Waals surface area contributed by atoms with Crippen LogP contribution in [-0.2, 0) is 11.3 Å². The van der Waals surface area contributed by atoms with E-state index < -0.39 is 0 Å². The molecule has 1 aliphatic carbocycles. The summed E-state index contributed by atoms with van der Waals surface area (Å²) >= 11 is 0. The molecule has 0 unspecified atom stereocenters. The molecule has 0 bridgehead atoms. The molecule has 0 radical (unpaired) electrons. The third-order valence-corrected chi connectivity index (χ3v) is 4.42. The van der Waals surface area contributed by atoms with Gasteiger partial charge in [-0.05, 0) is 12.8 Å². The van der Waals surface area contributed by atoms with E-state index in [4.69, 9.17) is 4.52 Å². The normalized spacial score (nSPS) is 18.6. The third kappa shape index (κ3) is 6.14. The number of piperazine rings is 1. The summed E-state index contributed by atoms with van der Waals surface area (Å²) in [4.78, 5) is 20.6. The van der Waals surface area contributed by atoms with Gasteiger partial charge in [0.2, 0.25) is 5.91 Å². The predicted octanol–water partition coefficient (Wildman–Crippen LogP) is 0.512. The lowest BCUT2D eigenvalue weighted by Crippen LogP contribution is -2.53. The fraction of sp³-hybridized carbons (Fsp3) is 0.688. The van der Waals surface area contributed by atoms with E-state index in [0.717, 1.165) is 57.2 Å². The summed E-state index contributed by atoms with van der Waals surface area (Å²) in [5.41, 5.74) is 0.970. The topological polar surface area (TPSA) is 86.0 Å². The van der Waals surface area contributed by atoms with Crippen LogP contribution in [0.2, 0.25) is 0 Å². The first-order chi connectivity index (χ1) is 11.8. The lowest BCUT2D eigenvalue weighted by atomic mass is 10.3. The molecule has 9 heteroatoms. The Balaban J connectivity index is 0.00000225. The number of aromatic nitrogens is 1. The molecular formula is C16H27IN6O2. The number of amides is 1. The summed E-state index contributed by atoms with van der Waals surface area (Å²) < 4.78 is 4.88. The van der Waals surface area contributed by atoms with Gasteiger partial charge in [-0.3, -0.25) is 14.7 Å². The van der Waals surface area contributed by atoms with Gasteiger partial charge in [0.25, 0.3) is 0 Å². The number of hydrogen-bond donors (Lipinski definition) is 2. The Morgan fingerprint density at radius 1 is 1.28 bits per heavy atom. The van der Waals surface area contributed by atoms with Gasteiger partial charge in [0, 0.05) is 64.8 Å². The van der Waals surface area contributed by atoms with Crippen molar-refractivity contribution in [2.45, 2.75) is 19.4 Å². The van der Waals surface area contributed by atoms with Crippen LogP contribution in [0.1, 0.15) is 18.5 Å². The highest BCUT2D eigenvalue weighted by Gasteiger charge is 2.29. The molecule has 1 saturated carbocycles. The van der Waals surface area contributed by atoms with E-state index in [2.05, 4.69) is 30.6 Å². The van der Waals surface area contributed by atoms with E-state index >= 15 is 0 Å². The zero-order chi connectivity index (χ0) is 16.8. The monoisotopic (exact) mass is 462 g/mol. The molecule has 1 aromatic rings. The van der Waals surface area contributed by atoms with Crippen molar-refractivity contribution in [1.29, 1.82) is 0 Å². The molecule has 0 atom stereocenters. The highest BCUT2D eigenvalue weighted by Crippen LogP contribution is 2.28. The van der Waals surface area contributed by atoms with Crippen molar-refractivity contribution < 1.29 is 9.32 Å². The zero-order valence-corrected chi connectivity index (χ0v) is 16.9. The van der Waals surface area contributed by atoms with E-state index in [1.165, 1.54) is 0 Å². The Bertz CT molecular complexity index is 553. The van der Waals surface area contributed by atoms with E-state index in [-0.39, 0.29) is 35.8 Å². The van der Waals surface area contributed by atoms with Gasteiger partial charge in [0.05, 0.1) is 5.69 Å². The van der Waals surface area contributed by atoms with Crippen molar-refractivity contribution in [3.63, 3.8) is 0 Å². The summed E-state index contributed by atoms with van der Waals surface area (Å²) in [5.74, 6) is 1.35. The van der Waals surface area contributed by atoms with Gasteiger partial charge in [0.15, 0.2) is 5.96 Å². The summed E-state index contributed by atoms with van der Waals surface area (Å²) in [6, 6.07) is 1.91. The van der Waals surface area contributed by atoms with Crippen molar-refractivity contribution >= 4 is 35.8 Å². The lowest BCUT2D eigenvalue weighted by Gasteiger charge is -2.36. The van der Waals surface area contributed by atoms with E-state index in [0.29, 0.717) is 13.1 Å². The van der Waals surface area contributed by atoms with Crippen LogP contribution in [0.4, 0.5) is 0 Å². The average Bonchev–Trinajstić information content (AvgIpc) is 3.34. The second kappa shape index (κ2) is 9.95. The molecule has 3 rings (SSSR count). The number of guanidine groups is 1. The predicted molar refractivity (Wildman–Crippen MR) is 106 cm³/mol. The fourth-order valence-corrected chi connectivity index (χ4v) is 2.85. The second-order valence-electron chi connectivity index (χ2n) is 6.29. The SMILES string of the molecule is CN=C(NCCNC(=O)C1CC1)N1CCN(Cc2ccon2)CC1.I. The first-order valence-electron chi connectivity index (χ1n) is 8.61. The van der Waals surface area contributed by atoms with Gasteiger partial charge in [-0.15, -0.1) is 24.0 Å². The van der Waals surface area contributed by atoms with Crippen LogP contribution in [0.25, 0.3) is 0 Å². The minimum atomic E-state index is 0. The van der Waals surface area contributed by atoms with Crippen LogP contribution in [0.15, 0.2) is 21.8 Å². The first-order valence-corrected chi connectivity index (χ1v) is 8.61. The largest absolute Gasteiger partial charge is 0.364 e. The van der Waals surface area contributed by atoms with Crippen molar-refractivity contribution in [3.05, 3.63) is 18.0 Å². The summed E-state index contributed by atoms with van der Waals surface area (Å²) in [6.07, 6.45) is 3.69. The Morgan fingerprint density at radius 2 is 2.00 bits per heavy atom. The first kappa shape index (κ1) is 20.0. The Kier molecular flexibility index (Phi) is 7.94. The van der Waals surface area contributed by atoms with Crippen LogP contribution in [0.3, 0.4) is 0 Å². The Labute approximate surface area is 165 Å². The molecule has 0 spiro atoms. The minimum absolute atomic E-state index is 0. The molecule has 2 N–H and O–H groups in total. The molecule has 140 valence electrons. The second-order valence-corrected chi connectivity index (χ2v) is 6.29. The molecule has 1 saturated heterocycles. The Morgan fingerprint density at radius 3 is 2.60 bits per heavy atom. The number of hydrogen-bond acceptors (Lipinski definition) is 5. The summed E-state index contributed by atoms with van der Waals surface area (Å²) in [6.45, 7) is 5.93. The minimum Gasteiger partial charge on any atom is -0.364 e. The number of nitrogens with zero attached hydrogens (tertiary/aromatic N) is 4. The lowest BCUT2D eigenvalue weighted by molar-refractivity contribution is -0.122. The molecule has 0 aromatic carbocycles. The van der Waals surface area contributed by atoms with Crippen LogP contribution < -0.4 is 10.6 Å². The molecule has 25 heavy (non-hydrogen) atoms. The maximum Gasteiger partial charge on any atom is 0.223 e. The van der Waals surface area contributed by atoms with Crippen molar-refractivity contribution in [2.24, 2.45) is 10.9 Å². The molecule has 1 aromatic heterocycles. The molecule has 1 aliphatic heterocycles. The number of rotatable bonds is 6. The Hall–Kier alpha value is -1.36. The van der Waals surface area contributed by atoms with Gasteiger partial charge < -0.3 is 20.1 Å². The number of aliphatic imine (C=N–C) groups is 1. The van der Waals surface area contributed by atoms with Gasteiger partial charge in [-0.25, -0.2) is 0 Å². The van der Waals surface area contributed by atoms with E-state index in [1.807, 2.05) is 6.07 Å². The average molecular weight is 462 g/mol. The number of carbonyl (C=O) groups excluding carboxylic acids is 1. The molecule has 1 amide bonds. The van der Waals surface area contributed by atoms with Crippen LogP contribution in [0.5, 0.6) is 0 Å². The van der Waals surface area contributed by atoms with E-state index in [9.17, 15) is 4.79 Å². The zero-order valence-electron chi connectivity index (χ0n) is 14.6. The highest BCUT2D eigenvalue weighted by atomic mass is 127. The molecule has 8 nitrogen and oxygen atoms in total. The van der Waals surface area contributed by atoms with Crippen LogP contribution >= 0.6 is 24.0 Å². The highest BCUT2D eigenvalue weighted by molar-refractivity contribution is 14.0. The van der Waals surface area contributed by atoms with Crippen LogP contribution in [-0.4, -0.2) is 73.1 Å². The molecule has 2 fully saturated rings. The summed E-state index contributed by atoms with van der Waals surface area (Å²) in [7, 11) is 1.80. The van der Waals surface area contributed by atoms with Gasteiger partial charge in [-0.2, -0.15) is 0 Å². The quantitative estimate of drug-likeness (QED) is 0.278. The fourth-order valence-electron chi connectivity index (χ4n) is 2.85. The van der Waals surface area contributed by atoms with E-state index in [1.54, 1.807) is 13.3 Å². The van der Waals surface area contributed by atoms with Crippen LogP contribution in [0, 0.1) is 5.92 Å². The van der Waals surface area contributed by atoms with Gasteiger partial charge in [0.1, 0.15) is 6.26 Å². The van der Waals surface area contributed by atoms with Crippen molar-refractivity contribution in [1.82, 2.24) is 25.6 Å². The number of carbonyl (C=O) groups is 1. The van der Waals surface area contributed by atoms with Crippen molar-refractivity contribution in [2.75, 3.05) is 46.3 Å². The third-order valence-electron chi connectivity index (χ3n) is 4.42. The molecule has 2 heterocycles. The number of nitrogens with one attached hydrogen (secondary N) is 2. The molecular weight excluding hydrogens is 435 g/mol. The van der Waals surface area contributed by atoms with Gasteiger partial charge in [-0.1, -0.05) is 5.16 Å². The summed E-state index contributed by atoms with van der Waals surface area (Å²) in [5, 5.41) is 10.3. The maximum absolute atomic E-state index is 11.6. The number of halogens is 1. The smallest absolute Gasteiger partial charge is 0.223 e. The van der Waals surface area contributed by atoms with Crippen molar-refractivity contribution in [3.8, 4) is 0 Å².